The molecule has 8 heteroatoms. The van der Waals surface area contributed by atoms with Crippen molar-refractivity contribution in [3.63, 3.8) is 0 Å². The van der Waals surface area contributed by atoms with Crippen LogP contribution in [0, 0.1) is 5.92 Å². The average Bonchev–Trinajstić information content (AvgIpc) is 3.14. The van der Waals surface area contributed by atoms with E-state index in [4.69, 9.17) is 4.74 Å². The zero-order chi connectivity index (χ0) is 21.7. The number of aromatic nitrogens is 3. The summed E-state index contributed by atoms with van der Waals surface area (Å²) in [5, 5.41) is 9.50. The monoisotopic (exact) mass is 431 g/mol. The van der Waals surface area contributed by atoms with Gasteiger partial charge in [-0.2, -0.15) is 0 Å². The third-order valence-corrected chi connectivity index (χ3v) is 6.44. The number of thioether (sulfide) groups is 1. The van der Waals surface area contributed by atoms with Crippen LogP contribution in [0.1, 0.15) is 27.7 Å². The lowest BCUT2D eigenvalue weighted by Gasteiger charge is -2.35. The molecule has 0 aliphatic carbocycles. The lowest BCUT2D eigenvalue weighted by atomic mass is 10.2. The second kappa shape index (κ2) is 10.3. The van der Waals surface area contributed by atoms with Crippen molar-refractivity contribution in [2.24, 2.45) is 5.92 Å². The number of nitrogens with zero attached hydrogens (tertiary/aromatic N) is 5. The highest BCUT2D eigenvalue weighted by Gasteiger charge is 2.27. The van der Waals surface area contributed by atoms with Crippen LogP contribution in [0.2, 0.25) is 0 Å². The molecule has 0 spiro atoms. The van der Waals surface area contributed by atoms with Gasteiger partial charge in [0.1, 0.15) is 5.75 Å². The molecule has 0 bridgehead atoms. The Labute approximate surface area is 183 Å². The molecule has 1 saturated heterocycles. The Balaban J connectivity index is 1.76. The minimum atomic E-state index is -0.197. The quantitative estimate of drug-likeness (QED) is 0.598. The van der Waals surface area contributed by atoms with Gasteiger partial charge in [0.05, 0.1) is 12.4 Å². The molecule has 2 heterocycles. The van der Waals surface area contributed by atoms with Crippen LogP contribution in [0.4, 0.5) is 0 Å². The standard InChI is InChI=1S/C22H33N5O2S/c1-6-25-11-13-26(14-12-25)21(28)17(4)30-22-24-23-20(27(22)15-16(2)3)18-7-9-19(29-5)10-8-18/h7-10,16-17H,6,11-15H2,1-5H3/t17-/m0/s1. The van der Waals surface area contributed by atoms with Crippen LogP contribution < -0.4 is 4.74 Å². The van der Waals surface area contributed by atoms with Crippen molar-refractivity contribution in [3.8, 4) is 17.1 Å². The molecule has 1 aliphatic heterocycles. The van der Waals surface area contributed by atoms with E-state index in [9.17, 15) is 4.79 Å². The summed E-state index contributed by atoms with van der Waals surface area (Å²) in [5.74, 6) is 2.25. The van der Waals surface area contributed by atoms with E-state index in [-0.39, 0.29) is 11.2 Å². The Bertz CT molecular complexity index is 829. The number of amides is 1. The van der Waals surface area contributed by atoms with E-state index in [0.717, 1.165) is 61.6 Å². The minimum absolute atomic E-state index is 0.181. The van der Waals surface area contributed by atoms with Crippen LogP contribution in [-0.4, -0.2) is 75.6 Å². The molecule has 1 fully saturated rings. The third-order valence-electron chi connectivity index (χ3n) is 5.37. The number of methoxy groups -OCH3 is 1. The Morgan fingerprint density at radius 3 is 2.33 bits per heavy atom. The van der Waals surface area contributed by atoms with E-state index in [1.165, 1.54) is 11.8 Å². The molecule has 0 saturated carbocycles. The number of carbonyl (C=O) groups is 1. The largest absolute Gasteiger partial charge is 0.497 e. The summed E-state index contributed by atoms with van der Waals surface area (Å²) in [7, 11) is 1.66. The number of piperazine rings is 1. The molecule has 0 radical (unpaired) electrons. The van der Waals surface area contributed by atoms with Crippen molar-refractivity contribution < 1.29 is 9.53 Å². The molecule has 164 valence electrons. The topological polar surface area (TPSA) is 63.5 Å². The molecule has 0 unspecified atom stereocenters. The molecule has 1 aromatic carbocycles. The predicted octanol–water partition coefficient (Wildman–Crippen LogP) is 3.25. The van der Waals surface area contributed by atoms with Crippen LogP contribution in [0.25, 0.3) is 11.4 Å². The predicted molar refractivity (Wildman–Crippen MR) is 121 cm³/mol. The summed E-state index contributed by atoms with van der Waals surface area (Å²) in [6.07, 6.45) is 0. The highest BCUT2D eigenvalue weighted by Crippen LogP contribution is 2.29. The molecular weight excluding hydrogens is 398 g/mol. The highest BCUT2D eigenvalue weighted by atomic mass is 32.2. The summed E-state index contributed by atoms with van der Waals surface area (Å²) >= 11 is 1.50. The molecule has 1 aromatic heterocycles. The van der Waals surface area contributed by atoms with Gasteiger partial charge in [0.15, 0.2) is 11.0 Å². The third kappa shape index (κ3) is 5.35. The fourth-order valence-electron chi connectivity index (χ4n) is 3.61. The molecule has 1 amide bonds. The zero-order valence-electron chi connectivity index (χ0n) is 18.7. The zero-order valence-corrected chi connectivity index (χ0v) is 19.5. The summed E-state index contributed by atoms with van der Waals surface area (Å²) in [6.45, 7) is 13.8. The van der Waals surface area contributed by atoms with Gasteiger partial charge in [0.2, 0.25) is 5.91 Å². The van der Waals surface area contributed by atoms with Gasteiger partial charge >= 0.3 is 0 Å². The molecule has 3 rings (SSSR count). The maximum atomic E-state index is 13.0. The Morgan fingerprint density at radius 2 is 1.77 bits per heavy atom. The molecule has 7 nitrogen and oxygen atoms in total. The maximum Gasteiger partial charge on any atom is 0.235 e. The smallest absolute Gasteiger partial charge is 0.235 e. The number of carbonyl (C=O) groups excluding carboxylic acids is 1. The maximum absolute atomic E-state index is 13.0. The van der Waals surface area contributed by atoms with Crippen molar-refractivity contribution in [2.75, 3.05) is 39.8 Å². The second-order valence-electron chi connectivity index (χ2n) is 8.06. The first kappa shape index (κ1) is 22.6. The number of likely N-dealkylation sites (N-methyl/N-ethyl adjacent to an activating group) is 1. The number of benzene rings is 1. The van der Waals surface area contributed by atoms with E-state index >= 15 is 0 Å². The lowest BCUT2D eigenvalue weighted by molar-refractivity contribution is -0.132. The van der Waals surface area contributed by atoms with E-state index in [2.05, 4.69) is 40.4 Å². The van der Waals surface area contributed by atoms with Gasteiger partial charge in [-0.15, -0.1) is 10.2 Å². The number of hydrogen-bond donors (Lipinski definition) is 0. The molecule has 0 N–H and O–H groups in total. The minimum Gasteiger partial charge on any atom is -0.497 e. The first-order valence-corrected chi connectivity index (χ1v) is 11.6. The van der Waals surface area contributed by atoms with Crippen LogP contribution in [0.3, 0.4) is 0 Å². The summed E-state index contributed by atoms with van der Waals surface area (Å²) in [4.78, 5) is 17.4. The van der Waals surface area contributed by atoms with Crippen molar-refractivity contribution in [3.05, 3.63) is 24.3 Å². The fourth-order valence-corrected chi connectivity index (χ4v) is 4.55. The molecule has 1 atom stereocenters. The van der Waals surface area contributed by atoms with Gasteiger partial charge in [0.25, 0.3) is 0 Å². The Kier molecular flexibility index (Phi) is 7.77. The first-order chi connectivity index (χ1) is 14.4. The average molecular weight is 432 g/mol. The summed E-state index contributed by atoms with van der Waals surface area (Å²) in [6, 6.07) is 7.85. The Hall–Kier alpha value is -2.06. The second-order valence-corrected chi connectivity index (χ2v) is 9.37. The van der Waals surface area contributed by atoms with Gasteiger partial charge in [-0.1, -0.05) is 32.5 Å². The van der Waals surface area contributed by atoms with Gasteiger partial charge < -0.3 is 19.1 Å². The van der Waals surface area contributed by atoms with Crippen LogP contribution >= 0.6 is 11.8 Å². The van der Waals surface area contributed by atoms with Crippen molar-refractivity contribution in [2.45, 2.75) is 44.6 Å². The van der Waals surface area contributed by atoms with Gasteiger partial charge in [0, 0.05) is 38.3 Å². The molecule has 30 heavy (non-hydrogen) atoms. The van der Waals surface area contributed by atoms with E-state index < -0.39 is 0 Å². The fraction of sp³-hybridized carbons (Fsp3) is 0.591. The SMILES string of the molecule is CCN1CCN(C(=O)[C@H](C)Sc2nnc(-c3ccc(OC)cc3)n2CC(C)C)CC1. The lowest BCUT2D eigenvalue weighted by Crippen LogP contribution is -2.50. The first-order valence-electron chi connectivity index (χ1n) is 10.7. The van der Waals surface area contributed by atoms with E-state index in [1.54, 1.807) is 7.11 Å². The van der Waals surface area contributed by atoms with Crippen LogP contribution in [0.5, 0.6) is 5.75 Å². The van der Waals surface area contributed by atoms with Gasteiger partial charge in [-0.05, 0) is 43.7 Å². The number of rotatable bonds is 8. The van der Waals surface area contributed by atoms with Crippen LogP contribution in [0.15, 0.2) is 29.4 Å². The summed E-state index contributed by atoms with van der Waals surface area (Å²) < 4.78 is 7.40. The van der Waals surface area contributed by atoms with Crippen molar-refractivity contribution in [1.29, 1.82) is 0 Å². The summed E-state index contributed by atoms with van der Waals surface area (Å²) in [5.41, 5.74) is 0.991. The van der Waals surface area contributed by atoms with Crippen LogP contribution in [-0.2, 0) is 11.3 Å². The van der Waals surface area contributed by atoms with E-state index in [0.29, 0.717) is 5.92 Å². The van der Waals surface area contributed by atoms with Crippen molar-refractivity contribution in [1.82, 2.24) is 24.6 Å². The van der Waals surface area contributed by atoms with Gasteiger partial charge in [-0.3, -0.25) is 4.79 Å². The normalized spacial score (nSPS) is 16.1. The van der Waals surface area contributed by atoms with E-state index in [1.807, 2.05) is 36.1 Å². The molecule has 1 aliphatic rings. The number of hydrogen-bond acceptors (Lipinski definition) is 6. The highest BCUT2D eigenvalue weighted by molar-refractivity contribution is 8.00. The molecule has 2 aromatic rings. The van der Waals surface area contributed by atoms with Crippen molar-refractivity contribution >= 4 is 17.7 Å². The Morgan fingerprint density at radius 1 is 1.10 bits per heavy atom. The molecular formula is C22H33N5O2S. The number of ether oxygens (including phenoxy) is 1. The van der Waals surface area contributed by atoms with Gasteiger partial charge in [-0.25, -0.2) is 0 Å².